The molecule has 2 aromatic carbocycles. The van der Waals surface area contributed by atoms with Gasteiger partial charge in [-0.15, -0.1) is 5.10 Å². The normalized spacial score (nSPS) is 14.7. The fraction of sp³-hybridized carbons (Fsp3) is 0.370. The standard InChI is InChI=1S/C27H31FN4O4S/c1-5-14-37-27-30-26-29-17(4)23(25(33)35-7-3)24(32(26)31-27)18-12-13-21(22(15-18)34-6-2)36-16-19-10-8-9-11-20(19)28/h8-13,15,24H,5-7,14,16H2,1-4H3,(H,29,30,31). The number of rotatable bonds is 11. The second-order valence-corrected chi connectivity index (χ2v) is 9.38. The number of hydrogen-bond acceptors (Lipinski definition) is 8. The number of anilines is 1. The maximum atomic E-state index is 14.1. The van der Waals surface area contributed by atoms with Gasteiger partial charge >= 0.3 is 5.97 Å². The predicted molar refractivity (Wildman–Crippen MR) is 140 cm³/mol. The van der Waals surface area contributed by atoms with E-state index in [1.165, 1.54) is 6.07 Å². The zero-order valence-electron chi connectivity index (χ0n) is 21.4. The van der Waals surface area contributed by atoms with Crippen molar-refractivity contribution in [3.8, 4) is 11.5 Å². The first-order chi connectivity index (χ1) is 18.0. The number of fused-ring (bicyclic) bond motifs is 1. The molecule has 0 radical (unpaired) electrons. The van der Waals surface area contributed by atoms with E-state index < -0.39 is 12.0 Å². The number of allylic oxidation sites excluding steroid dienone is 1. The molecule has 8 nitrogen and oxygen atoms in total. The van der Waals surface area contributed by atoms with Gasteiger partial charge in [-0.05, 0) is 51.0 Å². The third kappa shape index (κ3) is 5.90. The van der Waals surface area contributed by atoms with Gasteiger partial charge in [0.15, 0.2) is 11.5 Å². The summed E-state index contributed by atoms with van der Waals surface area (Å²) in [4.78, 5) is 17.7. The van der Waals surface area contributed by atoms with Crippen LogP contribution in [-0.4, -0.2) is 39.7 Å². The zero-order chi connectivity index (χ0) is 26.4. The van der Waals surface area contributed by atoms with Crippen LogP contribution in [0.2, 0.25) is 0 Å². The Morgan fingerprint density at radius 3 is 2.65 bits per heavy atom. The average molecular weight is 527 g/mol. The maximum Gasteiger partial charge on any atom is 0.338 e. The minimum absolute atomic E-state index is 0.0533. The Labute approximate surface area is 220 Å². The number of ether oxygens (including phenoxy) is 3. The van der Waals surface area contributed by atoms with E-state index in [4.69, 9.17) is 19.3 Å². The third-order valence-corrected chi connectivity index (χ3v) is 6.73. The van der Waals surface area contributed by atoms with Crippen LogP contribution in [0, 0.1) is 5.82 Å². The van der Waals surface area contributed by atoms with Crippen molar-refractivity contribution in [2.45, 2.75) is 51.9 Å². The molecule has 1 atom stereocenters. The van der Waals surface area contributed by atoms with Crippen molar-refractivity contribution >= 4 is 23.7 Å². The highest BCUT2D eigenvalue weighted by atomic mass is 32.2. The summed E-state index contributed by atoms with van der Waals surface area (Å²) in [6, 6.07) is 11.3. The van der Waals surface area contributed by atoms with Gasteiger partial charge in [0.05, 0.1) is 18.8 Å². The Bertz CT molecular complexity index is 1290. The first-order valence-corrected chi connectivity index (χ1v) is 13.3. The van der Waals surface area contributed by atoms with E-state index in [1.54, 1.807) is 47.6 Å². The highest BCUT2D eigenvalue weighted by Gasteiger charge is 2.35. The molecule has 10 heteroatoms. The SMILES string of the molecule is CCCSc1nc2n(n1)C(c1ccc(OCc3ccccc3F)c(OCC)c1)C(C(=O)OCC)=C(C)N2. The largest absolute Gasteiger partial charge is 0.490 e. The zero-order valence-corrected chi connectivity index (χ0v) is 22.2. The summed E-state index contributed by atoms with van der Waals surface area (Å²) >= 11 is 1.56. The molecule has 1 N–H and O–H groups in total. The van der Waals surface area contributed by atoms with E-state index in [0.29, 0.717) is 46.0 Å². The lowest BCUT2D eigenvalue weighted by Crippen LogP contribution is -2.29. The van der Waals surface area contributed by atoms with E-state index in [0.717, 1.165) is 17.7 Å². The number of hydrogen-bond donors (Lipinski definition) is 1. The molecular weight excluding hydrogens is 495 g/mol. The molecule has 4 rings (SSSR count). The molecule has 2 heterocycles. The highest BCUT2D eigenvalue weighted by Crippen LogP contribution is 2.40. The van der Waals surface area contributed by atoms with Gasteiger partial charge < -0.3 is 19.5 Å². The average Bonchev–Trinajstić information content (AvgIpc) is 3.29. The van der Waals surface area contributed by atoms with Crippen molar-refractivity contribution in [1.82, 2.24) is 14.8 Å². The molecule has 37 heavy (non-hydrogen) atoms. The second-order valence-electron chi connectivity index (χ2n) is 8.32. The van der Waals surface area contributed by atoms with E-state index >= 15 is 0 Å². The number of esters is 1. The van der Waals surface area contributed by atoms with E-state index in [-0.39, 0.29) is 19.0 Å². The quantitative estimate of drug-likeness (QED) is 0.250. The minimum atomic E-state index is -0.585. The monoisotopic (exact) mass is 526 g/mol. The molecule has 1 unspecified atom stereocenters. The summed E-state index contributed by atoms with van der Waals surface area (Å²) in [5.74, 6) is 1.62. The molecule has 0 saturated heterocycles. The van der Waals surface area contributed by atoms with Crippen molar-refractivity contribution < 1.29 is 23.4 Å². The Kier molecular flexibility index (Phi) is 8.70. The number of carbonyl (C=O) groups excluding carboxylic acids is 1. The van der Waals surface area contributed by atoms with Gasteiger partial charge in [0.1, 0.15) is 18.5 Å². The van der Waals surface area contributed by atoms with Crippen LogP contribution in [0.5, 0.6) is 11.5 Å². The summed E-state index contributed by atoms with van der Waals surface area (Å²) < 4.78 is 33.0. The molecule has 0 bridgehead atoms. The first kappa shape index (κ1) is 26.5. The van der Waals surface area contributed by atoms with Crippen molar-refractivity contribution in [3.05, 3.63) is 70.7 Å². The Balaban J connectivity index is 1.73. The fourth-order valence-electron chi connectivity index (χ4n) is 4.02. The summed E-state index contributed by atoms with van der Waals surface area (Å²) in [7, 11) is 0. The van der Waals surface area contributed by atoms with Gasteiger partial charge in [0.2, 0.25) is 11.1 Å². The lowest BCUT2D eigenvalue weighted by molar-refractivity contribution is -0.139. The van der Waals surface area contributed by atoms with Crippen LogP contribution < -0.4 is 14.8 Å². The molecule has 1 aliphatic heterocycles. The van der Waals surface area contributed by atoms with Crippen LogP contribution in [0.4, 0.5) is 10.3 Å². The van der Waals surface area contributed by atoms with Gasteiger partial charge in [-0.3, -0.25) is 0 Å². The molecule has 1 aromatic heterocycles. The van der Waals surface area contributed by atoms with Crippen molar-refractivity contribution in [1.29, 1.82) is 0 Å². The lowest BCUT2D eigenvalue weighted by atomic mass is 9.95. The van der Waals surface area contributed by atoms with Crippen LogP contribution in [0.1, 0.15) is 51.3 Å². The van der Waals surface area contributed by atoms with Crippen LogP contribution in [0.3, 0.4) is 0 Å². The number of benzene rings is 2. The molecule has 0 aliphatic carbocycles. The Morgan fingerprint density at radius 2 is 1.92 bits per heavy atom. The highest BCUT2D eigenvalue weighted by molar-refractivity contribution is 7.99. The molecule has 0 spiro atoms. The topological polar surface area (TPSA) is 87.5 Å². The van der Waals surface area contributed by atoms with Crippen LogP contribution >= 0.6 is 11.8 Å². The fourth-order valence-corrected chi connectivity index (χ4v) is 4.70. The predicted octanol–water partition coefficient (Wildman–Crippen LogP) is 5.75. The summed E-state index contributed by atoms with van der Waals surface area (Å²) in [6.45, 7) is 8.27. The van der Waals surface area contributed by atoms with E-state index in [1.807, 2.05) is 26.0 Å². The Morgan fingerprint density at radius 1 is 1.11 bits per heavy atom. The molecular formula is C27H31FN4O4S. The van der Waals surface area contributed by atoms with Crippen molar-refractivity contribution in [2.75, 3.05) is 24.3 Å². The molecule has 1 aliphatic rings. The van der Waals surface area contributed by atoms with Gasteiger partial charge in [-0.1, -0.05) is 43.0 Å². The van der Waals surface area contributed by atoms with E-state index in [9.17, 15) is 9.18 Å². The van der Waals surface area contributed by atoms with Gasteiger partial charge in [-0.2, -0.15) is 4.98 Å². The van der Waals surface area contributed by atoms with Crippen LogP contribution in [0.25, 0.3) is 0 Å². The van der Waals surface area contributed by atoms with Crippen molar-refractivity contribution in [3.63, 3.8) is 0 Å². The molecule has 0 amide bonds. The number of nitrogens with one attached hydrogen (secondary N) is 1. The summed E-state index contributed by atoms with van der Waals surface area (Å²) in [5.41, 5.74) is 2.28. The molecule has 196 valence electrons. The third-order valence-electron chi connectivity index (χ3n) is 5.69. The summed E-state index contributed by atoms with van der Waals surface area (Å²) in [5, 5.41) is 8.54. The number of aromatic nitrogens is 3. The minimum Gasteiger partial charge on any atom is -0.490 e. The van der Waals surface area contributed by atoms with Gasteiger partial charge in [0, 0.05) is 17.0 Å². The second kappa shape index (κ2) is 12.1. The van der Waals surface area contributed by atoms with Crippen LogP contribution in [-0.2, 0) is 16.1 Å². The molecule has 0 fully saturated rings. The smallest absolute Gasteiger partial charge is 0.338 e. The Hall–Kier alpha value is -3.53. The maximum absolute atomic E-state index is 14.1. The number of halogens is 1. The van der Waals surface area contributed by atoms with Gasteiger partial charge in [-0.25, -0.2) is 13.9 Å². The lowest BCUT2D eigenvalue weighted by Gasteiger charge is -2.28. The number of carbonyl (C=O) groups is 1. The first-order valence-electron chi connectivity index (χ1n) is 12.3. The summed E-state index contributed by atoms with van der Waals surface area (Å²) in [6.07, 6.45) is 0.989. The number of nitrogens with zero attached hydrogens (tertiary/aromatic N) is 3. The van der Waals surface area contributed by atoms with E-state index in [2.05, 4.69) is 17.2 Å². The number of thioether (sulfide) groups is 1. The van der Waals surface area contributed by atoms with Crippen molar-refractivity contribution in [2.24, 2.45) is 0 Å². The van der Waals surface area contributed by atoms with Gasteiger partial charge in [0.25, 0.3) is 0 Å². The molecule has 3 aromatic rings. The molecule has 0 saturated carbocycles. The van der Waals surface area contributed by atoms with Crippen LogP contribution in [0.15, 0.2) is 58.9 Å².